The zero-order valence-corrected chi connectivity index (χ0v) is 27.2. The summed E-state index contributed by atoms with van der Waals surface area (Å²) in [6, 6.07) is 31.8. The number of hydrogen-bond donors (Lipinski definition) is 2. The average Bonchev–Trinajstić information content (AvgIpc) is 3.85. The number of fused-ring (bicyclic) bond motifs is 2. The van der Waals surface area contributed by atoms with Gasteiger partial charge in [0, 0.05) is 27.2 Å². The summed E-state index contributed by atoms with van der Waals surface area (Å²) in [5.74, 6) is 0.271. The van der Waals surface area contributed by atoms with Gasteiger partial charge in [-0.15, -0.1) is 11.3 Å². The molecule has 8 heteroatoms. The zero-order chi connectivity index (χ0) is 32.1. The van der Waals surface area contributed by atoms with E-state index in [0.717, 1.165) is 40.8 Å². The number of rotatable bonds is 6. The van der Waals surface area contributed by atoms with Crippen LogP contribution in [0.15, 0.2) is 107 Å². The molecule has 1 aliphatic heterocycles. The molecule has 1 saturated carbocycles. The summed E-state index contributed by atoms with van der Waals surface area (Å²) >= 11 is 7.94. The van der Waals surface area contributed by atoms with Gasteiger partial charge in [0.25, 0.3) is 11.5 Å². The fourth-order valence-electron chi connectivity index (χ4n) is 6.88. The van der Waals surface area contributed by atoms with Crippen molar-refractivity contribution in [2.75, 3.05) is 6.54 Å². The fraction of sp³-hybridized carbons (Fsp3) is 0.205. The second-order valence-corrected chi connectivity index (χ2v) is 13.9. The summed E-state index contributed by atoms with van der Waals surface area (Å²) in [6.07, 6.45) is 1.70. The monoisotopic (exact) mass is 657 g/mol. The molecule has 0 bridgehead atoms. The number of aromatic nitrogens is 2. The number of nitrogens with one attached hydrogen (secondary N) is 1. The van der Waals surface area contributed by atoms with Crippen LogP contribution in [0.3, 0.4) is 0 Å². The van der Waals surface area contributed by atoms with E-state index in [1.807, 2.05) is 36.4 Å². The molecule has 1 fully saturated rings. The van der Waals surface area contributed by atoms with Crippen molar-refractivity contribution < 1.29 is 9.90 Å². The smallest absolute Gasteiger partial charge is 0.256 e. The normalized spacial score (nSPS) is 16.0. The molecule has 0 saturated heterocycles. The number of hydrogen-bond acceptors (Lipinski definition) is 5. The highest BCUT2D eigenvalue weighted by Crippen LogP contribution is 2.53. The highest BCUT2D eigenvalue weighted by molar-refractivity contribution is 7.17. The second-order valence-electron chi connectivity index (χ2n) is 12.5. The summed E-state index contributed by atoms with van der Waals surface area (Å²) in [5, 5.41) is 15.3. The van der Waals surface area contributed by atoms with Crippen LogP contribution >= 0.6 is 22.9 Å². The van der Waals surface area contributed by atoms with E-state index in [9.17, 15) is 14.7 Å². The van der Waals surface area contributed by atoms with E-state index in [1.165, 1.54) is 15.6 Å². The Hall–Kier alpha value is -4.56. The summed E-state index contributed by atoms with van der Waals surface area (Å²) in [6.45, 7) is 0.534. The Labute approximate surface area is 281 Å². The van der Waals surface area contributed by atoms with Gasteiger partial charge in [0.1, 0.15) is 5.82 Å². The number of nitrogens with zero attached hydrogens (tertiary/aromatic N) is 2. The Morgan fingerprint density at radius 3 is 2.53 bits per heavy atom. The van der Waals surface area contributed by atoms with Crippen LogP contribution in [0.2, 0.25) is 5.02 Å². The Morgan fingerprint density at radius 2 is 1.70 bits per heavy atom. The van der Waals surface area contributed by atoms with Gasteiger partial charge in [-0.25, -0.2) is 4.98 Å². The number of H-pyrrole nitrogens is 1. The molecule has 4 aromatic carbocycles. The number of aliphatic hydroxyl groups is 1. The molecule has 0 radical (unpaired) electrons. The van der Waals surface area contributed by atoms with E-state index < -0.39 is 12.0 Å². The van der Waals surface area contributed by atoms with Gasteiger partial charge in [-0.1, -0.05) is 84.4 Å². The molecular weight excluding hydrogens is 626 g/mol. The standard InChI is InChI=1S/C39H32ClN3O3S/c40-29-12-5-8-25(21-29)24-7-3-10-27(19-24)35(44)37(46)43-18-6-14-33-31(22-43)36(45)42-38(41-33)39(16-17-39)28-11-4-9-26(20-28)32-23-47-34-15-2-1-13-30(32)34/h1-5,7-13,15,19-21,23,35,44H,6,14,16-18,22H2,(H,41,42,45)/t35-/m1/s1. The van der Waals surface area contributed by atoms with Crippen LogP contribution < -0.4 is 5.56 Å². The third kappa shape index (κ3) is 5.48. The van der Waals surface area contributed by atoms with Crippen LogP contribution in [0, 0.1) is 0 Å². The van der Waals surface area contributed by atoms with Crippen molar-refractivity contribution in [3.05, 3.63) is 146 Å². The van der Waals surface area contributed by atoms with E-state index in [4.69, 9.17) is 16.6 Å². The van der Waals surface area contributed by atoms with Crippen molar-refractivity contribution in [3.63, 3.8) is 0 Å². The average molecular weight is 658 g/mol. The van der Waals surface area contributed by atoms with Crippen LogP contribution in [0.25, 0.3) is 32.3 Å². The van der Waals surface area contributed by atoms with Gasteiger partial charge in [-0.2, -0.15) is 0 Å². The van der Waals surface area contributed by atoms with Gasteiger partial charge < -0.3 is 15.0 Å². The maximum absolute atomic E-state index is 13.7. The molecule has 234 valence electrons. The number of aliphatic hydroxyl groups excluding tert-OH is 1. The molecular formula is C39H32ClN3O3S. The van der Waals surface area contributed by atoms with E-state index >= 15 is 0 Å². The first kappa shape index (κ1) is 29.8. The highest BCUT2D eigenvalue weighted by Gasteiger charge is 2.49. The molecule has 1 amide bonds. The first-order valence-electron chi connectivity index (χ1n) is 15.9. The molecule has 0 unspecified atom stereocenters. The van der Waals surface area contributed by atoms with Gasteiger partial charge in [0.05, 0.1) is 23.2 Å². The summed E-state index contributed by atoms with van der Waals surface area (Å²) in [4.78, 5) is 37.1. The minimum absolute atomic E-state index is 0.107. The molecule has 8 rings (SSSR count). The van der Waals surface area contributed by atoms with Crippen LogP contribution in [-0.2, 0) is 23.2 Å². The van der Waals surface area contributed by atoms with Crippen molar-refractivity contribution in [2.45, 2.75) is 43.7 Å². The molecule has 2 N–H and O–H groups in total. The lowest BCUT2D eigenvalue weighted by Gasteiger charge is -2.24. The highest BCUT2D eigenvalue weighted by atomic mass is 35.5. The minimum Gasteiger partial charge on any atom is -0.378 e. The van der Waals surface area contributed by atoms with Crippen molar-refractivity contribution in [1.82, 2.24) is 14.9 Å². The van der Waals surface area contributed by atoms with Crippen LogP contribution in [0.4, 0.5) is 0 Å². The Morgan fingerprint density at radius 1 is 0.936 bits per heavy atom. The van der Waals surface area contributed by atoms with Crippen LogP contribution in [0.5, 0.6) is 0 Å². The minimum atomic E-state index is -1.36. The molecule has 47 heavy (non-hydrogen) atoms. The fourth-order valence-corrected chi connectivity index (χ4v) is 8.04. The quantitative estimate of drug-likeness (QED) is 0.190. The maximum Gasteiger partial charge on any atom is 0.256 e. The number of aryl methyl sites for hydroxylation is 1. The molecule has 2 aromatic heterocycles. The first-order valence-corrected chi connectivity index (χ1v) is 17.2. The molecule has 6 nitrogen and oxygen atoms in total. The van der Waals surface area contributed by atoms with E-state index in [0.29, 0.717) is 41.4 Å². The number of halogens is 1. The molecule has 1 aliphatic carbocycles. The molecule has 1 atom stereocenters. The Bertz CT molecular complexity index is 2220. The number of carbonyl (C=O) groups excluding carboxylic acids is 1. The van der Waals surface area contributed by atoms with Gasteiger partial charge in [-0.05, 0) is 83.1 Å². The third-order valence-corrected chi connectivity index (χ3v) is 10.8. The SMILES string of the molecule is O=C([C@H](O)c1cccc(-c2cccc(Cl)c2)c1)N1CCCc2nc(C3(c4cccc(-c5csc6ccccc56)c4)CC3)[nH]c(=O)c2C1. The predicted octanol–water partition coefficient (Wildman–Crippen LogP) is 8.06. The maximum atomic E-state index is 13.7. The topological polar surface area (TPSA) is 86.3 Å². The number of benzene rings is 4. The molecule has 2 aliphatic rings. The number of thiophene rings is 1. The summed E-state index contributed by atoms with van der Waals surface area (Å²) in [5.41, 5.74) is 6.47. The second kappa shape index (κ2) is 11.9. The first-order chi connectivity index (χ1) is 22.9. The lowest BCUT2D eigenvalue weighted by atomic mass is 9.91. The Kier molecular flexibility index (Phi) is 7.55. The van der Waals surface area contributed by atoms with Crippen molar-refractivity contribution in [2.24, 2.45) is 0 Å². The van der Waals surface area contributed by atoms with Crippen LogP contribution in [0.1, 0.15) is 53.6 Å². The van der Waals surface area contributed by atoms with Gasteiger partial charge in [0.2, 0.25) is 0 Å². The van der Waals surface area contributed by atoms with Gasteiger partial charge >= 0.3 is 0 Å². The van der Waals surface area contributed by atoms with Crippen molar-refractivity contribution in [3.8, 4) is 22.3 Å². The zero-order valence-electron chi connectivity index (χ0n) is 25.6. The van der Waals surface area contributed by atoms with E-state index in [1.54, 1.807) is 28.4 Å². The molecule has 3 heterocycles. The summed E-state index contributed by atoms with van der Waals surface area (Å²) in [7, 11) is 0. The van der Waals surface area contributed by atoms with Crippen molar-refractivity contribution >= 4 is 38.9 Å². The molecule has 6 aromatic rings. The molecule has 0 spiro atoms. The largest absolute Gasteiger partial charge is 0.378 e. The Balaban J connectivity index is 1.05. The third-order valence-electron chi connectivity index (χ3n) is 9.61. The lowest BCUT2D eigenvalue weighted by Crippen LogP contribution is -2.36. The number of carbonyl (C=O) groups is 1. The van der Waals surface area contributed by atoms with Crippen LogP contribution in [-0.4, -0.2) is 32.4 Å². The van der Waals surface area contributed by atoms with E-state index in [-0.39, 0.29) is 17.5 Å². The summed E-state index contributed by atoms with van der Waals surface area (Å²) < 4.78 is 1.26. The number of aromatic amines is 1. The predicted molar refractivity (Wildman–Crippen MR) is 188 cm³/mol. The lowest BCUT2D eigenvalue weighted by molar-refractivity contribution is -0.141. The van der Waals surface area contributed by atoms with Gasteiger partial charge in [-0.3, -0.25) is 9.59 Å². The van der Waals surface area contributed by atoms with E-state index in [2.05, 4.69) is 58.9 Å². The number of amides is 1. The van der Waals surface area contributed by atoms with Crippen molar-refractivity contribution in [1.29, 1.82) is 0 Å². The van der Waals surface area contributed by atoms with Gasteiger partial charge in [0.15, 0.2) is 6.10 Å².